The number of nitrogens with one attached hydrogen (secondary N) is 2. The van der Waals surface area contributed by atoms with Crippen LogP contribution in [-0.4, -0.2) is 76.1 Å². The molecule has 0 amide bonds. The van der Waals surface area contributed by atoms with Gasteiger partial charge in [0.1, 0.15) is 0 Å². The molecule has 0 aromatic rings. The summed E-state index contributed by atoms with van der Waals surface area (Å²) in [7, 11) is 1.86. The van der Waals surface area contributed by atoms with Crippen LogP contribution in [-0.2, 0) is 9.47 Å². The van der Waals surface area contributed by atoms with E-state index in [1.54, 1.807) is 0 Å². The van der Waals surface area contributed by atoms with E-state index in [0.717, 1.165) is 58.6 Å². The molecule has 1 saturated carbocycles. The quantitative estimate of drug-likeness (QED) is 0.368. The fourth-order valence-electron chi connectivity index (χ4n) is 4.17. The number of ether oxygens (including phenoxy) is 2. The molecule has 0 radical (unpaired) electrons. The van der Waals surface area contributed by atoms with Gasteiger partial charge in [-0.3, -0.25) is 9.89 Å². The molecule has 3 aliphatic rings. The fourth-order valence-corrected chi connectivity index (χ4v) is 4.17. The highest BCUT2D eigenvalue weighted by molar-refractivity contribution is 14.0. The number of rotatable bonds is 5. The summed E-state index contributed by atoms with van der Waals surface area (Å²) in [6, 6.07) is 0. The molecular formula is C18H35IN4O2. The van der Waals surface area contributed by atoms with Crippen LogP contribution >= 0.6 is 24.0 Å². The first-order valence-corrected chi connectivity index (χ1v) is 9.51. The molecule has 7 heteroatoms. The van der Waals surface area contributed by atoms with Gasteiger partial charge in [-0.1, -0.05) is 26.2 Å². The number of hydrogen-bond acceptors (Lipinski definition) is 4. The van der Waals surface area contributed by atoms with E-state index in [1.165, 1.54) is 32.1 Å². The van der Waals surface area contributed by atoms with E-state index < -0.39 is 0 Å². The summed E-state index contributed by atoms with van der Waals surface area (Å²) in [5, 5.41) is 7.10. The molecule has 1 aliphatic carbocycles. The maximum atomic E-state index is 5.57. The molecule has 2 saturated heterocycles. The van der Waals surface area contributed by atoms with Crippen LogP contribution in [0.5, 0.6) is 0 Å². The second-order valence-corrected chi connectivity index (χ2v) is 7.97. The molecule has 3 rings (SSSR count). The first-order chi connectivity index (χ1) is 11.7. The number of guanidine groups is 1. The molecule has 2 N–H and O–H groups in total. The van der Waals surface area contributed by atoms with Crippen molar-refractivity contribution >= 4 is 29.9 Å². The smallest absolute Gasteiger partial charge is 0.191 e. The van der Waals surface area contributed by atoms with Gasteiger partial charge in [0.15, 0.2) is 5.96 Å². The Labute approximate surface area is 169 Å². The van der Waals surface area contributed by atoms with Gasteiger partial charge in [-0.2, -0.15) is 0 Å². The Bertz CT molecular complexity index is 431. The number of morpholine rings is 1. The number of halogens is 1. The van der Waals surface area contributed by atoms with E-state index in [2.05, 4.69) is 27.4 Å². The van der Waals surface area contributed by atoms with Crippen molar-refractivity contribution in [1.29, 1.82) is 0 Å². The topological polar surface area (TPSA) is 58.1 Å². The number of hydrogen-bond donors (Lipinski definition) is 2. The summed E-state index contributed by atoms with van der Waals surface area (Å²) in [6.07, 6.45) is 6.60. The Hall–Kier alpha value is -0.120. The minimum absolute atomic E-state index is 0. The molecule has 3 fully saturated rings. The third-order valence-electron chi connectivity index (χ3n) is 5.86. The second kappa shape index (κ2) is 9.71. The lowest BCUT2D eigenvalue weighted by Crippen LogP contribution is -2.61. The van der Waals surface area contributed by atoms with Crippen LogP contribution < -0.4 is 10.6 Å². The van der Waals surface area contributed by atoms with Crippen molar-refractivity contribution < 1.29 is 9.47 Å². The Morgan fingerprint density at radius 1 is 1.00 bits per heavy atom. The highest BCUT2D eigenvalue weighted by Gasteiger charge is 2.39. The molecule has 0 aromatic carbocycles. The third kappa shape index (κ3) is 5.43. The first kappa shape index (κ1) is 21.2. The van der Waals surface area contributed by atoms with Crippen LogP contribution in [0.25, 0.3) is 0 Å². The predicted molar refractivity (Wildman–Crippen MR) is 112 cm³/mol. The van der Waals surface area contributed by atoms with E-state index in [0.29, 0.717) is 0 Å². The van der Waals surface area contributed by atoms with E-state index in [4.69, 9.17) is 9.47 Å². The molecular weight excluding hydrogens is 431 g/mol. The normalized spacial score (nSPS) is 26.2. The molecule has 146 valence electrons. The second-order valence-electron chi connectivity index (χ2n) is 7.97. The van der Waals surface area contributed by atoms with E-state index >= 15 is 0 Å². The van der Waals surface area contributed by atoms with Gasteiger partial charge in [0.25, 0.3) is 0 Å². The van der Waals surface area contributed by atoms with Crippen LogP contribution in [0.4, 0.5) is 0 Å². The summed E-state index contributed by atoms with van der Waals surface area (Å²) in [6.45, 7) is 9.68. The van der Waals surface area contributed by atoms with Crippen LogP contribution in [0.15, 0.2) is 4.99 Å². The first-order valence-electron chi connectivity index (χ1n) is 9.51. The van der Waals surface area contributed by atoms with Gasteiger partial charge in [-0.25, -0.2) is 0 Å². The molecule has 6 nitrogen and oxygen atoms in total. The highest BCUT2D eigenvalue weighted by atomic mass is 127. The van der Waals surface area contributed by atoms with Crippen LogP contribution in [0.3, 0.4) is 0 Å². The molecule has 0 spiro atoms. The van der Waals surface area contributed by atoms with Crippen molar-refractivity contribution in [2.24, 2.45) is 10.4 Å². The molecule has 0 atom stereocenters. The zero-order valence-corrected chi connectivity index (χ0v) is 18.1. The summed E-state index contributed by atoms with van der Waals surface area (Å²) in [5.41, 5.74) is 0.521. The zero-order valence-electron chi connectivity index (χ0n) is 15.8. The van der Waals surface area contributed by atoms with Gasteiger partial charge in [-0.05, 0) is 12.8 Å². The van der Waals surface area contributed by atoms with Gasteiger partial charge >= 0.3 is 0 Å². The molecule has 2 heterocycles. The fraction of sp³-hybridized carbons (Fsp3) is 0.944. The van der Waals surface area contributed by atoms with Gasteiger partial charge in [0, 0.05) is 44.2 Å². The van der Waals surface area contributed by atoms with E-state index in [-0.39, 0.29) is 34.9 Å². The molecule has 0 unspecified atom stereocenters. The Balaban J connectivity index is 0.00000225. The van der Waals surface area contributed by atoms with Crippen LogP contribution in [0.2, 0.25) is 0 Å². The maximum absolute atomic E-state index is 5.57. The molecule has 0 aromatic heterocycles. The monoisotopic (exact) mass is 466 g/mol. The summed E-state index contributed by atoms with van der Waals surface area (Å²) in [5.74, 6) is 0.918. The summed E-state index contributed by atoms with van der Waals surface area (Å²) in [4.78, 5) is 7.08. The van der Waals surface area contributed by atoms with Gasteiger partial charge in [0.2, 0.25) is 0 Å². The van der Waals surface area contributed by atoms with E-state index in [1.807, 2.05) is 7.05 Å². The SMILES string of the molecule is CN=C(NCC1(C)COC1)NCC1(N2CCOCC2)CCCCC1.I. The summed E-state index contributed by atoms with van der Waals surface area (Å²) < 4.78 is 10.9. The Kier molecular flexibility index (Phi) is 8.23. The van der Waals surface area contributed by atoms with Crippen molar-refractivity contribution in [3.63, 3.8) is 0 Å². The third-order valence-corrected chi connectivity index (χ3v) is 5.86. The lowest BCUT2D eigenvalue weighted by Gasteiger charge is -2.48. The maximum Gasteiger partial charge on any atom is 0.191 e. The largest absolute Gasteiger partial charge is 0.380 e. The van der Waals surface area contributed by atoms with Gasteiger partial charge in [-0.15, -0.1) is 24.0 Å². The standard InChI is InChI=1S/C18H34N4O2.HI/c1-17(14-24-15-17)12-20-16(19-2)21-13-18(6-4-3-5-7-18)22-8-10-23-11-9-22;/h3-15H2,1-2H3,(H2,19,20,21);1H. The van der Waals surface area contributed by atoms with Crippen LogP contribution in [0.1, 0.15) is 39.0 Å². The number of nitrogens with zero attached hydrogens (tertiary/aromatic N) is 2. The number of aliphatic imine (C=N–C) groups is 1. The average molecular weight is 466 g/mol. The molecule has 25 heavy (non-hydrogen) atoms. The lowest BCUT2D eigenvalue weighted by molar-refractivity contribution is -0.0971. The Morgan fingerprint density at radius 3 is 2.20 bits per heavy atom. The Morgan fingerprint density at radius 2 is 1.64 bits per heavy atom. The zero-order chi connectivity index (χ0) is 16.9. The van der Waals surface area contributed by atoms with Crippen LogP contribution in [0, 0.1) is 5.41 Å². The minimum atomic E-state index is 0. The van der Waals surface area contributed by atoms with E-state index in [9.17, 15) is 0 Å². The minimum Gasteiger partial charge on any atom is -0.380 e. The van der Waals surface area contributed by atoms with Crippen molar-refractivity contribution in [1.82, 2.24) is 15.5 Å². The van der Waals surface area contributed by atoms with Gasteiger partial charge < -0.3 is 20.1 Å². The highest BCUT2D eigenvalue weighted by Crippen LogP contribution is 2.33. The molecule has 0 bridgehead atoms. The van der Waals surface area contributed by atoms with Crippen molar-refractivity contribution in [2.75, 3.05) is 59.7 Å². The van der Waals surface area contributed by atoms with Crippen molar-refractivity contribution in [3.8, 4) is 0 Å². The summed E-state index contributed by atoms with van der Waals surface area (Å²) >= 11 is 0. The average Bonchev–Trinajstić information content (AvgIpc) is 2.62. The van der Waals surface area contributed by atoms with Crippen molar-refractivity contribution in [3.05, 3.63) is 0 Å². The predicted octanol–water partition coefficient (Wildman–Crippen LogP) is 1.84. The van der Waals surface area contributed by atoms with Crippen molar-refractivity contribution in [2.45, 2.75) is 44.6 Å². The lowest BCUT2D eigenvalue weighted by atomic mass is 9.79. The van der Waals surface area contributed by atoms with Gasteiger partial charge in [0.05, 0.1) is 26.4 Å². The molecule has 2 aliphatic heterocycles.